The van der Waals surface area contributed by atoms with Gasteiger partial charge in [-0.15, -0.1) is 0 Å². The quantitative estimate of drug-likeness (QED) is 0.588. The van der Waals surface area contributed by atoms with E-state index in [9.17, 15) is 4.79 Å². The minimum Gasteiger partial charge on any atom is -0.490 e. The number of rotatable bonds is 6. The number of hydrogen-bond acceptors (Lipinski definition) is 3. The van der Waals surface area contributed by atoms with Crippen molar-refractivity contribution in [1.29, 1.82) is 0 Å². The van der Waals surface area contributed by atoms with E-state index in [0.29, 0.717) is 34.6 Å². The molecular formula is C16H14Cl2O3. The van der Waals surface area contributed by atoms with Crippen LogP contribution in [0.4, 0.5) is 0 Å². The fourth-order valence-electron chi connectivity index (χ4n) is 1.86. The van der Waals surface area contributed by atoms with Crippen LogP contribution in [0.15, 0.2) is 42.5 Å². The zero-order valence-corrected chi connectivity index (χ0v) is 12.9. The van der Waals surface area contributed by atoms with E-state index in [1.54, 1.807) is 49.6 Å². The number of para-hydroxylation sites is 1. The van der Waals surface area contributed by atoms with Gasteiger partial charge >= 0.3 is 0 Å². The van der Waals surface area contributed by atoms with E-state index in [0.717, 1.165) is 0 Å². The number of halogens is 2. The zero-order valence-electron chi connectivity index (χ0n) is 11.4. The molecule has 0 spiro atoms. The van der Waals surface area contributed by atoms with Gasteiger partial charge in [-0.05, 0) is 24.3 Å². The third-order valence-corrected chi connectivity index (χ3v) is 3.50. The van der Waals surface area contributed by atoms with Crippen LogP contribution in [0, 0.1) is 0 Å². The van der Waals surface area contributed by atoms with Crippen molar-refractivity contribution in [3.05, 3.63) is 63.6 Å². The van der Waals surface area contributed by atoms with Crippen molar-refractivity contribution in [3.8, 4) is 5.75 Å². The summed E-state index contributed by atoms with van der Waals surface area (Å²) in [5.41, 5.74) is 0.701. The number of ketones is 1. The standard InChI is InChI=1S/C16H14Cl2O3/c1-20-9-10-21-14-8-3-2-5-11(14)16(19)15-12(17)6-4-7-13(15)18/h2-8H,9-10H2,1H3. The van der Waals surface area contributed by atoms with E-state index in [1.807, 2.05) is 0 Å². The van der Waals surface area contributed by atoms with E-state index < -0.39 is 0 Å². The molecule has 0 aromatic heterocycles. The summed E-state index contributed by atoms with van der Waals surface area (Å²) in [6, 6.07) is 11.9. The Bertz CT molecular complexity index is 621. The molecule has 0 saturated carbocycles. The second kappa shape index (κ2) is 7.46. The summed E-state index contributed by atoms with van der Waals surface area (Å²) in [6.45, 7) is 0.798. The maximum atomic E-state index is 12.7. The number of methoxy groups -OCH3 is 1. The van der Waals surface area contributed by atoms with Crippen molar-refractivity contribution in [3.63, 3.8) is 0 Å². The molecule has 3 nitrogen and oxygen atoms in total. The maximum Gasteiger partial charge on any atom is 0.199 e. The van der Waals surface area contributed by atoms with Crippen LogP contribution < -0.4 is 4.74 Å². The van der Waals surface area contributed by atoms with Gasteiger partial charge < -0.3 is 9.47 Å². The molecule has 110 valence electrons. The molecule has 5 heteroatoms. The first-order valence-electron chi connectivity index (χ1n) is 6.34. The predicted octanol–water partition coefficient (Wildman–Crippen LogP) is 4.25. The molecule has 0 N–H and O–H groups in total. The maximum absolute atomic E-state index is 12.7. The van der Waals surface area contributed by atoms with Crippen LogP contribution in [-0.2, 0) is 4.74 Å². The molecule has 0 atom stereocenters. The molecule has 2 aromatic carbocycles. The fraction of sp³-hybridized carbons (Fsp3) is 0.188. The molecule has 0 saturated heterocycles. The van der Waals surface area contributed by atoms with Gasteiger partial charge in [0.25, 0.3) is 0 Å². The second-order valence-electron chi connectivity index (χ2n) is 4.26. The van der Waals surface area contributed by atoms with E-state index in [-0.39, 0.29) is 11.3 Å². The van der Waals surface area contributed by atoms with E-state index in [4.69, 9.17) is 32.7 Å². The third kappa shape index (κ3) is 3.76. The van der Waals surface area contributed by atoms with Gasteiger partial charge in [-0.3, -0.25) is 4.79 Å². The summed E-state index contributed by atoms with van der Waals surface area (Å²) in [5.74, 6) is 0.217. The summed E-state index contributed by atoms with van der Waals surface area (Å²) >= 11 is 12.2. The van der Waals surface area contributed by atoms with Crippen LogP contribution in [0.3, 0.4) is 0 Å². The topological polar surface area (TPSA) is 35.5 Å². The summed E-state index contributed by atoms with van der Waals surface area (Å²) < 4.78 is 10.5. The first-order chi connectivity index (χ1) is 10.1. The third-order valence-electron chi connectivity index (χ3n) is 2.87. The number of hydrogen-bond donors (Lipinski definition) is 0. The average Bonchev–Trinajstić information content (AvgIpc) is 2.47. The normalized spacial score (nSPS) is 10.4. The Morgan fingerprint density at radius 1 is 1.00 bits per heavy atom. The van der Waals surface area contributed by atoms with Crippen LogP contribution in [0.25, 0.3) is 0 Å². The van der Waals surface area contributed by atoms with Gasteiger partial charge in [0.15, 0.2) is 5.78 Å². The van der Waals surface area contributed by atoms with Crippen molar-refractivity contribution in [2.75, 3.05) is 20.3 Å². The van der Waals surface area contributed by atoms with Crippen molar-refractivity contribution in [2.24, 2.45) is 0 Å². The Morgan fingerprint density at radius 3 is 2.33 bits per heavy atom. The lowest BCUT2D eigenvalue weighted by atomic mass is 10.0. The Hall–Kier alpha value is -1.55. The molecule has 0 unspecified atom stereocenters. The monoisotopic (exact) mass is 324 g/mol. The van der Waals surface area contributed by atoms with Crippen molar-refractivity contribution < 1.29 is 14.3 Å². The minimum atomic E-state index is -0.265. The van der Waals surface area contributed by atoms with Gasteiger partial charge in [-0.25, -0.2) is 0 Å². The summed E-state index contributed by atoms with van der Waals surface area (Å²) in [7, 11) is 1.59. The van der Waals surface area contributed by atoms with Gasteiger partial charge in [0.05, 0.1) is 27.8 Å². The second-order valence-corrected chi connectivity index (χ2v) is 5.08. The summed E-state index contributed by atoms with van der Waals surface area (Å²) in [6.07, 6.45) is 0. The lowest BCUT2D eigenvalue weighted by Gasteiger charge is -2.12. The molecule has 0 heterocycles. The Labute approximate surface area is 133 Å². The number of carbonyl (C=O) groups is 1. The molecule has 0 aliphatic rings. The molecule has 0 fully saturated rings. The molecule has 0 amide bonds. The van der Waals surface area contributed by atoms with Crippen molar-refractivity contribution >= 4 is 29.0 Å². The van der Waals surface area contributed by atoms with E-state index in [2.05, 4.69) is 0 Å². The lowest BCUT2D eigenvalue weighted by molar-refractivity contribution is 0.103. The largest absolute Gasteiger partial charge is 0.490 e. The van der Waals surface area contributed by atoms with Gasteiger partial charge in [0, 0.05) is 7.11 Å². The van der Waals surface area contributed by atoms with Crippen molar-refractivity contribution in [1.82, 2.24) is 0 Å². The highest BCUT2D eigenvalue weighted by Crippen LogP contribution is 2.30. The molecular weight excluding hydrogens is 311 g/mol. The Kier molecular flexibility index (Phi) is 5.62. The van der Waals surface area contributed by atoms with Crippen LogP contribution in [0.5, 0.6) is 5.75 Å². The van der Waals surface area contributed by atoms with Gasteiger partial charge in [0.2, 0.25) is 0 Å². The van der Waals surface area contributed by atoms with Gasteiger partial charge in [-0.1, -0.05) is 41.4 Å². The molecule has 0 aliphatic heterocycles. The van der Waals surface area contributed by atoms with Gasteiger partial charge in [0.1, 0.15) is 12.4 Å². The zero-order chi connectivity index (χ0) is 15.2. The number of benzene rings is 2. The summed E-state index contributed by atoms with van der Waals surface area (Å²) in [5, 5.41) is 0.637. The van der Waals surface area contributed by atoms with Crippen LogP contribution in [-0.4, -0.2) is 26.1 Å². The summed E-state index contributed by atoms with van der Waals surface area (Å²) in [4.78, 5) is 12.7. The fourth-order valence-corrected chi connectivity index (χ4v) is 2.43. The molecule has 0 bridgehead atoms. The molecule has 0 radical (unpaired) electrons. The minimum absolute atomic E-state index is 0.265. The van der Waals surface area contributed by atoms with E-state index >= 15 is 0 Å². The van der Waals surface area contributed by atoms with Crippen LogP contribution in [0.2, 0.25) is 10.0 Å². The average molecular weight is 325 g/mol. The first kappa shape index (κ1) is 15.8. The first-order valence-corrected chi connectivity index (χ1v) is 7.10. The SMILES string of the molecule is COCCOc1ccccc1C(=O)c1c(Cl)cccc1Cl. The Morgan fingerprint density at radius 2 is 1.67 bits per heavy atom. The lowest BCUT2D eigenvalue weighted by Crippen LogP contribution is -2.10. The Balaban J connectivity index is 2.35. The smallest absolute Gasteiger partial charge is 0.199 e. The van der Waals surface area contributed by atoms with Crippen molar-refractivity contribution in [2.45, 2.75) is 0 Å². The number of ether oxygens (including phenoxy) is 2. The molecule has 0 aliphatic carbocycles. The predicted molar refractivity (Wildman–Crippen MR) is 83.7 cm³/mol. The number of carbonyl (C=O) groups excluding carboxylic acids is 1. The van der Waals surface area contributed by atoms with E-state index in [1.165, 1.54) is 0 Å². The molecule has 2 aromatic rings. The molecule has 2 rings (SSSR count). The van der Waals surface area contributed by atoms with Crippen LogP contribution in [0.1, 0.15) is 15.9 Å². The highest BCUT2D eigenvalue weighted by atomic mass is 35.5. The van der Waals surface area contributed by atoms with Crippen LogP contribution >= 0.6 is 23.2 Å². The van der Waals surface area contributed by atoms with Gasteiger partial charge in [-0.2, -0.15) is 0 Å². The highest BCUT2D eigenvalue weighted by Gasteiger charge is 2.19. The molecule has 21 heavy (non-hydrogen) atoms. The highest BCUT2D eigenvalue weighted by molar-refractivity contribution is 6.41.